The van der Waals surface area contributed by atoms with Gasteiger partial charge in [0.05, 0.1) is 6.42 Å². The Morgan fingerprint density at radius 3 is 2.60 bits per heavy atom. The Kier molecular flexibility index (Phi) is 2.88. The molecule has 0 spiro atoms. The van der Waals surface area contributed by atoms with Gasteiger partial charge in [0.2, 0.25) is 6.79 Å². The first-order valence-corrected chi connectivity index (χ1v) is 7.95. The van der Waals surface area contributed by atoms with Gasteiger partial charge in [-0.15, -0.1) is 0 Å². The minimum atomic E-state index is -0.390. The second-order valence-electron chi connectivity index (χ2n) is 6.12. The third kappa shape index (κ3) is 2.18. The van der Waals surface area contributed by atoms with Crippen molar-refractivity contribution in [2.24, 2.45) is 0 Å². The van der Waals surface area contributed by atoms with Crippen molar-refractivity contribution in [2.75, 3.05) is 6.79 Å². The number of carbonyl (C=O) groups is 1. The average Bonchev–Trinajstić information content (AvgIpc) is 3.06. The van der Waals surface area contributed by atoms with Crippen LogP contribution in [0.25, 0.3) is 10.9 Å². The number of hydrogen-bond acceptors (Lipinski definition) is 5. The number of pyridine rings is 1. The number of rotatable bonds is 1. The summed E-state index contributed by atoms with van der Waals surface area (Å²) in [4.78, 5) is 27.6. The van der Waals surface area contributed by atoms with Crippen molar-refractivity contribution in [2.45, 2.75) is 12.3 Å². The minimum absolute atomic E-state index is 0.105. The van der Waals surface area contributed by atoms with E-state index in [4.69, 9.17) is 14.2 Å². The second kappa shape index (κ2) is 5.11. The molecule has 6 heteroatoms. The fraction of sp³-hybridized carbons (Fsp3) is 0.158. The van der Waals surface area contributed by atoms with E-state index in [1.54, 1.807) is 12.1 Å². The first-order valence-electron chi connectivity index (χ1n) is 7.95. The molecule has 0 amide bonds. The Morgan fingerprint density at radius 2 is 1.72 bits per heavy atom. The molecule has 0 saturated carbocycles. The lowest BCUT2D eigenvalue weighted by atomic mass is 9.86. The maximum Gasteiger partial charge on any atom is 0.312 e. The number of hydrogen-bond donors (Lipinski definition) is 1. The number of aromatic nitrogens is 1. The van der Waals surface area contributed by atoms with Crippen LogP contribution in [0, 0.1) is 0 Å². The number of ether oxygens (including phenoxy) is 3. The van der Waals surface area contributed by atoms with Crippen molar-refractivity contribution in [1.29, 1.82) is 0 Å². The van der Waals surface area contributed by atoms with Crippen LogP contribution in [0.15, 0.2) is 47.3 Å². The molecule has 2 aromatic carbocycles. The zero-order valence-corrected chi connectivity index (χ0v) is 13.1. The first-order chi connectivity index (χ1) is 12.2. The summed E-state index contributed by atoms with van der Waals surface area (Å²) >= 11 is 0. The highest BCUT2D eigenvalue weighted by Crippen LogP contribution is 2.45. The van der Waals surface area contributed by atoms with Gasteiger partial charge in [-0.3, -0.25) is 9.59 Å². The van der Waals surface area contributed by atoms with Crippen LogP contribution in [0.3, 0.4) is 0 Å². The van der Waals surface area contributed by atoms with E-state index >= 15 is 0 Å². The molecule has 25 heavy (non-hydrogen) atoms. The topological polar surface area (TPSA) is 77.6 Å². The highest BCUT2D eigenvalue weighted by molar-refractivity contribution is 5.81. The lowest BCUT2D eigenvalue weighted by Crippen LogP contribution is -2.25. The van der Waals surface area contributed by atoms with Gasteiger partial charge in [0.15, 0.2) is 11.5 Å². The Morgan fingerprint density at radius 1 is 0.920 bits per heavy atom. The summed E-state index contributed by atoms with van der Waals surface area (Å²) in [5, 5.41) is 0.915. The molecule has 0 fully saturated rings. The van der Waals surface area contributed by atoms with Crippen LogP contribution >= 0.6 is 0 Å². The van der Waals surface area contributed by atoms with Gasteiger partial charge in [-0.05, 0) is 23.6 Å². The molecule has 3 heterocycles. The Labute approximate surface area is 142 Å². The van der Waals surface area contributed by atoms with E-state index in [1.807, 2.05) is 30.3 Å². The molecule has 6 nitrogen and oxygen atoms in total. The molecule has 3 aromatic rings. The lowest BCUT2D eigenvalue weighted by molar-refractivity contribution is -0.135. The lowest BCUT2D eigenvalue weighted by Gasteiger charge is -2.24. The van der Waals surface area contributed by atoms with E-state index in [-0.39, 0.29) is 30.7 Å². The molecular weight excluding hydrogens is 322 g/mol. The molecule has 0 unspecified atom stereocenters. The van der Waals surface area contributed by atoms with E-state index in [9.17, 15) is 9.59 Å². The fourth-order valence-corrected chi connectivity index (χ4v) is 3.44. The SMILES string of the molecule is O=C1C[C@@H](c2cc3ccccc3[nH]c2=O)c2cc3c(cc2O1)OCO3. The van der Waals surface area contributed by atoms with Crippen LogP contribution < -0.4 is 19.8 Å². The van der Waals surface area contributed by atoms with Crippen molar-refractivity contribution < 1.29 is 19.0 Å². The number of para-hydroxylation sites is 1. The number of benzene rings is 2. The summed E-state index contributed by atoms with van der Waals surface area (Å²) in [5.41, 5.74) is 1.85. The van der Waals surface area contributed by atoms with Gasteiger partial charge >= 0.3 is 5.97 Å². The van der Waals surface area contributed by atoms with Crippen LogP contribution in [0.1, 0.15) is 23.5 Å². The second-order valence-corrected chi connectivity index (χ2v) is 6.12. The zero-order chi connectivity index (χ0) is 17.0. The number of fused-ring (bicyclic) bond motifs is 3. The normalized spacial score (nSPS) is 18.1. The molecule has 2 aliphatic rings. The summed E-state index contributed by atoms with van der Waals surface area (Å²) in [5.74, 6) is 0.791. The maximum atomic E-state index is 12.6. The third-order valence-electron chi connectivity index (χ3n) is 4.63. The van der Waals surface area contributed by atoms with Gasteiger partial charge in [0.25, 0.3) is 5.56 Å². The van der Waals surface area contributed by atoms with Crippen molar-refractivity contribution in [3.8, 4) is 17.2 Å². The smallest absolute Gasteiger partial charge is 0.312 e. The van der Waals surface area contributed by atoms with Gasteiger partial charge in [-0.2, -0.15) is 0 Å². The molecule has 0 saturated heterocycles. The molecule has 2 aliphatic heterocycles. The van der Waals surface area contributed by atoms with Crippen molar-refractivity contribution in [3.05, 3.63) is 63.9 Å². The van der Waals surface area contributed by atoms with Crippen LogP contribution in [-0.4, -0.2) is 17.7 Å². The summed E-state index contributed by atoms with van der Waals surface area (Å²) in [6.07, 6.45) is 0.105. The van der Waals surface area contributed by atoms with E-state index in [0.717, 1.165) is 16.5 Å². The Bertz CT molecular complexity index is 1080. The number of aromatic amines is 1. The Balaban J connectivity index is 1.72. The molecule has 1 aromatic heterocycles. The molecule has 0 bridgehead atoms. The average molecular weight is 335 g/mol. The molecule has 1 N–H and O–H groups in total. The predicted molar refractivity (Wildman–Crippen MR) is 89.2 cm³/mol. The summed E-state index contributed by atoms with van der Waals surface area (Å²) in [7, 11) is 0. The van der Waals surface area contributed by atoms with Crippen molar-refractivity contribution in [3.63, 3.8) is 0 Å². The quantitative estimate of drug-likeness (QED) is 0.546. The Hall–Kier alpha value is -3.28. The van der Waals surface area contributed by atoms with E-state index in [2.05, 4.69) is 4.98 Å². The van der Waals surface area contributed by atoms with Gasteiger partial charge < -0.3 is 19.2 Å². The van der Waals surface area contributed by atoms with E-state index < -0.39 is 0 Å². The molecule has 5 rings (SSSR count). The van der Waals surface area contributed by atoms with Crippen LogP contribution in [0.2, 0.25) is 0 Å². The van der Waals surface area contributed by atoms with Gasteiger partial charge in [0.1, 0.15) is 5.75 Å². The van der Waals surface area contributed by atoms with Crippen LogP contribution in [-0.2, 0) is 4.79 Å². The van der Waals surface area contributed by atoms with Gasteiger partial charge in [-0.1, -0.05) is 18.2 Å². The number of carbonyl (C=O) groups excluding carboxylic acids is 1. The maximum absolute atomic E-state index is 12.6. The molecule has 0 aliphatic carbocycles. The molecule has 124 valence electrons. The van der Waals surface area contributed by atoms with Crippen molar-refractivity contribution >= 4 is 16.9 Å². The van der Waals surface area contributed by atoms with Crippen LogP contribution in [0.4, 0.5) is 0 Å². The van der Waals surface area contributed by atoms with E-state index in [1.165, 1.54) is 0 Å². The van der Waals surface area contributed by atoms with Gasteiger partial charge in [0, 0.05) is 28.6 Å². The highest BCUT2D eigenvalue weighted by Gasteiger charge is 2.33. The molecule has 0 radical (unpaired) electrons. The summed E-state index contributed by atoms with van der Waals surface area (Å²) in [6, 6.07) is 12.8. The van der Waals surface area contributed by atoms with Gasteiger partial charge in [-0.25, -0.2) is 0 Å². The molecule has 1 atom stereocenters. The summed E-state index contributed by atoms with van der Waals surface area (Å²) in [6.45, 7) is 0.132. The van der Waals surface area contributed by atoms with Crippen LogP contribution in [0.5, 0.6) is 17.2 Å². The molecular formula is C19H13NO5. The largest absolute Gasteiger partial charge is 0.454 e. The van der Waals surface area contributed by atoms with Crippen molar-refractivity contribution in [1.82, 2.24) is 4.98 Å². The zero-order valence-electron chi connectivity index (χ0n) is 13.1. The summed E-state index contributed by atoms with van der Waals surface area (Å²) < 4.78 is 16.1. The monoisotopic (exact) mass is 335 g/mol. The fourth-order valence-electron chi connectivity index (χ4n) is 3.44. The number of esters is 1. The first kappa shape index (κ1) is 14.1. The number of nitrogens with one attached hydrogen (secondary N) is 1. The standard InChI is InChI=1S/C19H13NO5/c21-18-7-11(12-6-16-17(24-9-23-16)8-15(12)25-18)13-5-10-3-1-2-4-14(10)20-19(13)22/h1-6,8,11H,7,9H2,(H,20,22)/t11-/m1/s1. The highest BCUT2D eigenvalue weighted by atomic mass is 16.7. The number of H-pyrrole nitrogens is 1. The third-order valence-corrected chi connectivity index (χ3v) is 4.63. The predicted octanol–water partition coefficient (Wildman–Crippen LogP) is 2.70. The van der Waals surface area contributed by atoms with E-state index in [0.29, 0.717) is 22.8 Å². The minimum Gasteiger partial charge on any atom is -0.454 e.